The molecule has 0 bridgehead atoms. The fourth-order valence-electron chi connectivity index (χ4n) is 2.86. The van der Waals surface area contributed by atoms with Gasteiger partial charge in [-0.05, 0) is 24.1 Å². The van der Waals surface area contributed by atoms with E-state index in [1.165, 1.54) is 0 Å². The maximum atomic E-state index is 12.1. The van der Waals surface area contributed by atoms with E-state index in [1.807, 2.05) is 54.0 Å². The minimum atomic E-state index is -0.236. The molecule has 0 fully saturated rings. The lowest BCUT2D eigenvalue weighted by Crippen LogP contribution is -2.14. The first-order valence-electron chi connectivity index (χ1n) is 7.52. The molecule has 0 saturated heterocycles. The Morgan fingerprint density at radius 1 is 1.04 bits per heavy atom. The molecule has 2 aromatic heterocycles. The van der Waals surface area contributed by atoms with Crippen molar-refractivity contribution in [1.82, 2.24) is 14.5 Å². The van der Waals surface area contributed by atoms with Crippen molar-refractivity contribution in [3.05, 3.63) is 82.4 Å². The first kappa shape index (κ1) is 13.6. The molecule has 0 unspecified atom stereocenters. The fraction of sp³-hybridized carbons (Fsp3) is 0.105. The van der Waals surface area contributed by atoms with E-state index in [0.717, 1.165) is 22.0 Å². The van der Waals surface area contributed by atoms with Crippen LogP contribution in [0.3, 0.4) is 0 Å². The highest BCUT2D eigenvalue weighted by molar-refractivity contribution is 5.92. The minimum Gasteiger partial charge on any atom is -0.312 e. The molecule has 0 aliphatic heterocycles. The van der Waals surface area contributed by atoms with Crippen molar-refractivity contribution in [1.29, 1.82) is 0 Å². The highest BCUT2D eigenvalue weighted by Gasteiger charge is 2.09. The summed E-state index contributed by atoms with van der Waals surface area (Å²) in [6.45, 7) is 2.66. The van der Waals surface area contributed by atoms with Crippen molar-refractivity contribution in [3.63, 3.8) is 0 Å². The highest BCUT2D eigenvalue weighted by Crippen LogP contribution is 2.20. The average Bonchev–Trinajstić information content (AvgIpc) is 2.58. The van der Waals surface area contributed by atoms with Gasteiger partial charge in [0.05, 0.1) is 17.4 Å². The molecule has 112 valence electrons. The summed E-state index contributed by atoms with van der Waals surface area (Å²) in [5, 5.41) is 1.52. The monoisotopic (exact) mass is 301 g/mol. The van der Waals surface area contributed by atoms with Crippen LogP contribution in [0.5, 0.6) is 0 Å². The van der Waals surface area contributed by atoms with Crippen LogP contribution >= 0.6 is 0 Å². The lowest BCUT2D eigenvalue weighted by molar-refractivity contribution is 0.788. The highest BCUT2D eigenvalue weighted by atomic mass is 16.1. The van der Waals surface area contributed by atoms with Crippen molar-refractivity contribution in [2.45, 2.75) is 13.5 Å². The Balaban J connectivity index is 2.00. The zero-order valence-electron chi connectivity index (χ0n) is 12.7. The first-order chi connectivity index (χ1) is 11.2. The largest absolute Gasteiger partial charge is 0.312 e. The molecule has 23 heavy (non-hydrogen) atoms. The number of nitrogens with zero attached hydrogens (tertiary/aromatic N) is 3. The van der Waals surface area contributed by atoms with E-state index in [2.05, 4.69) is 17.1 Å². The number of aryl methyl sites for hydroxylation is 1. The molecule has 0 N–H and O–H groups in total. The van der Waals surface area contributed by atoms with E-state index in [9.17, 15) is 4.79 Å². The number of rotatable bonds is 2. The van der Waals surface area contributed by atoms with Gasteiger partial charge in [0, 0.05) is 5.39 Å². The second kappa shape index (κ2) is 5.32. The molecular weight excluding hydrogens is 286 g/mol. The third-order valence-corrected chi connectivity index (χ3v) is 4.04. The standard InChI is InChI=1S/C19H15N3O/c1-13-6-5-9-15-10-16-18(21-17(13)15)22(12-20-19(16)23)11-14-7-3-2-4-8-14/h2-10,12H,11H2,1H3. The number of pyridine rings is 1. The van der Waals surface area contributed by atoms with Gasteiger partial charge in [0.1, 0.15) is 12.0 Å². The summed E-state index contributed by atoms with van der Waals surface area (Å²) >= 11 is 0. The summed E-state index contributed by atoms with van der Waals surface area (Å²) < 4.78 is 1.93. The molecular formula is C19H15N3O. The van der Waals surface area contributed by atoms with E-state index < -0.39 is 0 Å². The number of para-hydroxylation sites is 1. The maximum absolute atomic E-state index is 12.1. The van der Waals surface area contributed by atoms with E-state index >= 15 is 0 Å². The molecule has 4 nitrogen and oxygen atoms in total. The second-order valence-electron chi connectivity index (χ2n) is 5.67. The molecule has 2 aromatic carbocycles. The predicted octanol–water partition coefficient (Wildman–Crippen LogP) is 3.30. The van der Waals surface area contributed by atoms with E-state index in [0.29, 0.717) is 17.6 Å². The average molecular weight is 301 g/mol. The Hall–Kier alpha value is -3.01. The Morgan fingerprint density at radius 3 is 2.70 bits per heavy atom. The number of hydrogen-bond acceptors (Lipinski definition) is 3. The molecule has 4 rings (SSSR count). The van der Waals surface area contributed by atoms with Crippen LogP contribution in [0, 0.1) is 6.92 Å². The van der Waals surface area contributed by atoms with E-state index in [-0.39, 0.29) is 5.56 Å². The minimum absolute atomic E-state index is 0.236. The Labute approximate surface area is 133 Å². The molecule has 4 aromatic rings. The van der Waals surface area contributed by atoms with Crippen molar-refractivity contribution >= 4 is 21.9 Å². The van der Waals surface area contributed by atoms with Gasteiger partial charge < -0.3 is 4.57 Å². The summed E-state index contributed by atoms with van der Waals surface area (Å²) in [7, 11) is 0. The second-order valence-corrected chi connectivity index (χ2v) is 5.67. The molecule has 0 aliphatic carbocycles. The van der Waals surface area contributed by atoms with Crippen LogP contribution in [0.4, 0.5) is 0 Å². The van der Waals surface area contributed by atoms with Crippen molar-refractivity contribution in [3.8, 4) is 0 Å². The van der Waals surface area contributed by atoms with Crippen LogP contribution in [0.2, 0.25) is 0 Å². The number of fused-ring (bicyclic) bond motifs is 2. The summed E-state index contributed by atoms with van der Waals surface area (Å²) in [6, 6.07) is 18.0. The molecule has 0 radical (unpaired) electrons. The zero-order valence-corrected chi connectivity index (χ0v) is 12.7. The van der Waals surface area contributed by atoms with Gasteiger partial charge in [0.15, 0.2) is 0 Å². The molecule has 0 atom stereocenters. The topological polar surface area (TPSA) is 47.8 Å². The Morgan fingerprint density at radius 2 is 1.87 bits per heavy atom. The third kappa shape index (κ3) is 2.38. The molecule has 2 heterocycles. The van der Waals surface area contributed by atoms with Gasteiger partial charge in [-0.1, -0.05) is 48.5 Å². The third-order valence-electron chi connectivity index (χ3n) is 4.04. The van der Waals surface area contributed by atoms with Crippen LogP contribution in [0.1, 0.15) is 11.1 Å². The quantitative estimate of drug-likeness (QED) is 0.534. The lowest BCUT2D eigenvalue weighted by Gasteiger charge is -2.11. The van der Waals surface area contributed by atoms with E-state index in [1.54, 1.807) is 6.33 Å². The smallest absolute Gasteiger partial charge is 0.282 e. The maximum Gasteiger partial charge on any atom is 0.282 e. The van der Waals surface area contributed by atoms with Gasteiger partial charge in [0.25, 0.3) is 5.56 Å². The van der Waals surface area contributed by atoms with Crippen LogP contribution in [0.15, 0.2) is 65.7 Å². The Kier molecular flexibility index (Phi) is 3.15. The van der Waals surface area contributed by atoms with E-state index in [4.69, 9.17) is 4.98 Å². The van der Waals surface area contributed by atoms with Crippen LogP contribution in [0.25, 0.3) is 21.9 Å². The molecule has 0 spiro atoms. The zero-order chi connectivity index (χ0) is 15.8. The lowest BCUT2D eigenvalue weighted by atomic mass is 10.1. The number of hydrogen-bond donors (Lipinski definition) is 0. The molecule has 0 saturated carbocycles. The van der Waals surface area contributed by atoms with Gasteiger partial charge >= 0.3 is 0 Å². The fourth-order valence-corrected chi connectivity index (χ4v) is 2.86. The van der Waals surface area contributed by atoms with Gasteiger partial charge in [-0.3, -0.25) is 4.79 Å². The molecule has 0 aliphatic rings. The summed E-state index contributed by atoms with van der Waals surface area (Å²) in [5.74, 6) is 0. The summed E-state index contributed by atoms with van der Waals surface area (Å²) in [6.07, 6.45) is 1.58. The van der Waals surface area contributed by atoms with Gasteiger partial charge in [-0.25, -0.2) is 4.98 Å². The number of benzene rings is 2. The van der Waals surface area contributed by atoms with Crippen LogP contribution in [-0.2, 0) is 6.54 Å². The van der Waals surface area contributed by atoms with Crippen LogP contribution in [-0.4, -0.2) is 14.5 Å². The van der Waals surface area contributed by atoms with Gasteiger partial charge in [-0.2, -0.15) is 4.98 Å². The van der Waals surface area contributed by atoms with Crippen molar-refractivity contribution in [2.75, 3.05) is 0 Å². The SMILES string of the molecule is Cc1cccc2cc3c(=O)ncn(Cc4ccccc4)c3nc12. The number of aromatic nitrogens is 3. The van der Waals surface area contributed by atoms with Crippen molar-refractivity contribution < 1.29 is 0 Å². The van der Waals surface area contributed by atoms with Crippen molar-refractivity contribution in [2.24, 2.45) is 0 Å². The van der Waals surface area contributed by atoms with Gasteiger partial charge in [-0.15, -0.1) is 0 Å². The molecule has 4 heteroatoms. The molecule has 0 amide bonds. The summed E-state index contributed by atoms with van der Waals surface area (Å²) in [4.78, 5) is 20.9. The normalized spacial score (nSPS) is 11.2. The summed E-state index contributed by atoms with van der Waals surface area (Å²) in [5.41, 5.74) is 3.61. The van der Waals surface area contributed by atoms with Crippen LogP contribution < -0.4 is 5.56 Å². The first-order valence-corrected chi connectivity index (χ1v) is 7.52. The predicted molar refractivity (Wildman–Crippen MR) is 91.6 cm³/mol. The Bertz CT molecular complexity index is 1070. The van der Waals surface area contributed by atoms with Gasteiger partial charge in [0.2, 0.25) is 0 Å².